The molecule has 2 N–H and O–H groups in total. The summed E-state index contributed by atoms with van der Waals surface area (Å²) in [6, 6.07) is 18.8. The molecule has 4 rings (SSSR count). The molecule has 0 atom stereocenters. The molecule has 3 nitrogen and oxygen atoms in total. The number of hydrogen-bond donors (Lipinski definition) is 2. The standard InChI is InChI=1S/C23H26N2OS/c1-16-10-12-18(13-11-16)25-23(26)20-7-3-5-9-22(20)27-15-19-14-17-6-2-4-8-21(17)24-19/h2-9,14,16,18,24H,10-13,15H2,1H3,(H,25,26). The van der Waals surface area contributed by atoms with E-state index in [1.54, 1.807) is 11.8 Å². The number of carbonyl (C=O) groups excluding carboxylic acids is 1. The fraction of sp³-hybridized carbons (Fsp3) is 0.348. The lowest BCUT2D eigenvalue weighted by Crippen LogP contribution is -2.37. The van der Waals surface area contributed by atoms with E-state index in [1.165, 1.54) is 23.9 Å². The number of nitrogens with one attached hydrogen (secondary N) is 2. The van der Waals surface area contributed by atoms with Crippen LogP contribution in [0.3, 0.4) is 0 Å². The Bertz CT molecular complexity index is 892. The van der Waals surface area contributed by atoms with Crippen molar-refractivity contribution in [3.05, 3.63) is 65.9 Å². The second kappa shape index (κ2) is 8.22. The van der Waals surface area contributed by atoms with E-state index in [0.29, 0.717) is 6.04 Å². The van der Waals surface area contributed by atoms with Gasteiger partial charge in [-0.05, 0) is 61.3 Å². The van der Waals surface area contributed by atoms with Gasteiger partial charge in [0, 0.05) is 27.9 Å². The summed E-state index contributed by atoms with van der Waals surface area (Å²) in [5.41, 5.74) is 3.13. The summed E-state index contributed by atoms with van der Waals surface area (Å²) in [5, 5.41) is 4.48. The van der Waals surface area contributed by atoms with Crippen molar-refractivity contribution in [2.45, 2.75) is 49.3 Å². The first-order chi connectivity index (χ1) is 13.2. The smallest absolute Gasteiger partial charge is 0.252 e. The molecular formula is C23H26N2OS. The third-order valence-electron chi connectivity index (χ3n) is 5.45. The maximum atomic E-state index is 12.8. The molecule has 0 radical (unpaired) electrons. The molecule has 3 aromatic rings. The molecule has 1 saturated carbocycles. The zero-order valence-electron chi connectivity index (χ0n) is 15.7. The van der Waals surface area contributed by atoms with Crippen molar-refractivity contribution in [1.29, 1.82) is 0 Å². The molecule has 1 heterocycles. The highest BCUT2D eigenvalue weighted by molar-refractivity contribution is 7.98. The van der Waals surface area contributed by atoms with Gasteiger partial charge in [0.05, 0.1) is 5.56 Å². The van der Waals surface area contributed by atoms with E-state index in [2.05, 4.69) is 41.5 Å². The molecule has 0 saturated heterocycles. The van der Waals surface area contributed by atoms with Crippen molar-refractivity contribution < 1.29 is 4.79 Å². The zero-order chi connectivity index (χ0) is 18.6. The first kappa shape index (κ1) is 18.2. The van der Waals surface area contributed by atoms with Crippen molar-refractivity contribution in [3.8, 4) is 0 Å². The minimum atomic E-state index is 0.0642. The highest BCUT2D eigenvalue weighted by Gasteiger charge is 2.21. The predicted molar refractivity (Wildman–Crippen MR) is 113 cm³/mol. The van der Waals surface area contributed by atoms with E-state index in [1.807, 2.05) is 30.3 Å². The molecule has 0 aliphatic heterocycles. The largest absolute Gasteiger partial charge is 0.358 e. The number of para-hydroxylation sites is 1. The molecule has 0 unspecified atom stereocenters. The SMILES string of the molecule is CC1CCC(NC(=O)c2ccccc2SCc2cc3ccccc3[nH]2)CC1. The molecule has 1 aliphatic carbocycles. The number of benzene rings is 2. The minimum absolute atomic E-state index is 0.0642. The predicted octanol–water partition coefficient (Wildman–Crippen LogP) is 5.77. The average Bonchev–Trinajstić information content (AvgIpc) is 3.11. The van der Waals surface area contributed by atoms with Crippen LogP contribution >= 0.6 is 11.8 Å². The Kier molecular flexibility index (Phi) is 5.53. The van der Waals surface area contributed by atoms with E-state index >= 15 is 0 Å². The lowest BCUT2D eigenvalue weighted by molar-refractivity contribution is 0.0920. The summed E-state index contributed by atoms with van der Waals surface area (Å²) < 4.78 is 0. The van der Waals surface area contributed by atoms with Crippen molar-refractivity contribution in [3.63, 3.8) is 0 Å². The highest BCUT2D eigenvalue weighted by atomic mass is 32.2. The Labute approximate surface area is 164 Å². The van der Waals surface area contributed by atoms with Crippen LogP contribution in [0.2, 0.25) is 0 Å². The van der Waals surface area contributed by atoms with Gasteiger partial charge in [-0.2, -0.15) is 0 Å². The van der Waals surface area contributed by atoms with Crippen LogP contribution in [-0.2, 0) is 5.75 Å². The number of amides is 1. The molecule has 4 heteroatoms. The van der Waals surface area contributed by atoms with Gasteiger partial charge < -0.3 is 10.3 Å². The van der Waals surface area contributed by atoms with Crippen LogP contribution in [0, 0.1) is 5.92 Å². The molecule has 140 valence electrons. The zero-order valence-corrected chi connectivity index (χ0v) is 16.5. The number of aromatic nitrogens is 1. The average molecular weight is 379 g/mol. The molecular weight excluding hydrogens is 352 g/mol. The van der Waals surface area contributed by atoms with E-state index < -0.39 is 0 Å². The monoisotopic (exact) mass is 378 g/mol. The Morgan fingerprint density at radius 1 is 1.07 bits per heavy atom. The van der Waals surface area contributed by atoms with Crippen molar-refractivity contribution in [2.75, 3.05) is 0 Å². The Morgan fingerprint density at radius 2 is 1.81 bits per heavy atom. The van der Waals surface area contributed by atoms with Crippen molar-refractivity contribution in [1.82, 2.24) is 10.3 Å². The maximum absolute atomic E-state index is 12.8. The lowest BCUT2D eigenvalue weighted by Gasteiger charge is -2.27. The van der Waals surface area contributed by atoms with Crippen LogP contribution in [0.4, 0.5) is 0 Å². The van der Waals surface area contributed by atoms with Crippen molar-refractivity contribution >= 4 is 28.6 Å². The summed E-state index contributed by atoms with van der Waals surface area (Å²) in [5.74, 6) is 1.67. The second-order valence-electron chi connectivity index (χ2n) is 7.60. The topological polar surface area (TPSA) is 44.9 Å². The van der Waals surface area contributed by atoms with Gasteiger partial charge in [-0.25, -0.2) is 0 Å². The van der Waals surface area contributed by atoms with E-state index in [0.717, 1.165) is 40.5 Å². The first-order valence-electron chi connectivity index (χ1n) is 9.78. The van der Waals surface area contributed by atoms with E-state index in [4.69, 9.17) is 0 Å². The van der Waals surface area contributed by atoms with Gasteiger partial charge in [0.15, 0.2) is 0 Å². The van der Waals surface area contributed by atoms with Crippen LogP contribution in [0.1, 0.15) is 48.7 Å². The summed E-state index contributed by atoms with van der Waals surface area (Å²) in [7, 11) is 0. The Hall–Kier alpha value is -2.20. The van der Waals surface area contributed by atoms with Crippen LogP contribution in [0.25, 0.3) is 10.9 Å². The summed E-state index contributed by atoms with van der Waals surface area (Å²) in [6.07, 6.45) is 4.61. The van der Waals surface area contributed by atoms with Crippen LogP contribution < -0.4 is 5.32 Å². The molecule has 1 amide bonds. The van der Waals surface area contributed by atoms with Gasteiger partial charge in [-0.1, -0.05) is 37.3 Å². The molecule has 2 aromatic carbocycles. The van der Waals surface area contributed by atoms with Crippen LogP contribution in [0.15, 0.2) is 59.5 Å². The summed E-state index contributed by atoms with van der Waals surface area (Å²) in [6.45, 7) is 2.30. The van der Waals surface area contributed by atoms with Crippen LogP contribution in [-0.4, -0.2) is 16.9 Å². The fourth-order valence-electron chi connectivity index (χ4n) is 3.81. The molecule has 1 aliphatic rings. The molecule has 0 bridgehead atoms. The lowest BCUT2D eigenvalue weighted by atomic mass is 9.87. The maximum Gasteiger partial charge on any atom is 0.252 e. The number of H-pyrrole nitrogens is 1. The normalized spacial score (nSPS) is 19.9. The van der Waals surface area contributed by atoms with E-state index in [9.17, 15) is 4.79 Å². The quantitative estimate of drug-likeness (QED) is 0.554. The molecule has 1 fully saturated rings. The summed E-state index contributed by atoms with van der Waals surface area (Å²) >= 11 is 1.71. The van der Waals surface area contributed by atoms with Gasteiger partial charge in [-0.15, -0.1) is 11.8 Å². The fourth-order valence-corrected chi connectivity index (χ4v) is 4.77. The van der Waals surface area contributed by atoms with Crippen LogP contribution in [0.5, 0.6) is 0 Å². The Balaban J connectivity index is 1.43. The van der Waals surface area contributed by atoms with Gasteiger partial charge in [0.2, 0.25) is 0 Å². The number of aromatic amines is 1. The highest BCUT2D eigenvalue weighted by Crippen LogP contribution is 2.28. The Morgan fingerprint density at radius 3 is 2.63 bits per heavy atom. The number of rotatable bonds is 5. The third kappa shape index (κ3) is 4.38. The summed E-state index contributed by atoms with van der Waals surface area (Å²) in [4.78, 5) is 17.3. The second-order valence-corrected chi connectivity index (χ2v) is 8.61. The van der Waals surface area contributed by atoms with E-state index in [-0.39, 0.29) is 5.91 Å². The number of carbonyl (C=O) groups is 1. The first-order valence-corrected chi connectivity index (χ1v) is 10.8. The molecule has 27 heavy (non-hydrogen) atoms. The van der Waals surface area contributed by atoms with Gasteiger partial charge in [-0.3, -0.25) is 4.79 Å². The van der Waals surface area contributed by atoms with Gasteiger partial charge in [0.25, 0.3) is 5.91 Å². The molecule has 1 aromatic heterocycles. The minimum Gasteiger partial charge on any atom is -0.358 e. The van der Waals surface area contributed by atoms with Gasteiger partial charge >= 0.3 is 0 Å². The third-order valence-corrected chi connectivity index (χ3v) is 6.57. The number of fused-ring (bicyclic) bond motifs is 1. The van der Waals surface area contributed by atoms with Crippen molar-refractivity contribution in [2.24, 2.45) is 5.92 Å². The molecule has 0 spiro atoms. The van der Waals surface area contributed by atoms with Gasteiger partial charge in [0.1, 0.15) is 0 Å². The number of thioether (sulfide) groups is 1. The number of hydrogen-bond acceptors (Lipinski definition) is 2.